The van der Waals surface area contributed by atoms with Gasteiger partial charge < -0.3 is 11.1 Å². The molecule has 1 heterocycles. The zero-order valence-corrected chi connectivity index (χ0v) is 11.9. The fraction of sp³-hybridized carbons (Fsp3) is 0.583. The Labute approximate surface area is 114 Å². The second kappa shape index (κ2) is 7.54. The minimum absolute atomic E-state index is 0.128. The summed E-state index contributed by atoms with van der Waals surface area (Å²) in [5.74, 6) is -0.308. The van der Waals surface area contributed by atoms with Gasteiger partial charge >= 0.3 is 0 Å². The highest BCUT2D eigenvalue weighted by Gasteiger charge is 2.06. The molecule has 0 aliphatic carbocycles. The largest absolute Gasteiger partial charge is 0.327 e. The molecule has 0 aliphatic rings. The van der Waals surface area contributed by atoms with Crippen molar-refractivity contribution in [3.05, 3.63) is 29.6 Å². The smallest absolute Gasteiger partial charge is 0.265 e. The summed E-state index contributed by atoms with van der Waals surface area (Å²) in [6.07, 6.45) is 1.12. The van der Waals surface area contributed by atoms with Crippen LogP contribution in [0.5, 0.6) is 0 Å². The van der Waals surface area contributed by atoms with Crippen LogP contribution < -0.4 is 11.1 Å². The van der Waals surface area contributed by atoms with Crippen LogP contribution in [-0.2, 0) is 23.1 Å². The van der Waals surface area contributed by atoms with Crippen LogP contribution in [-0.4, -0.2) is 36.3 Å². The number of aryl methyl sites for hydroxylation is 1. The minimum atomic E-state index is -3.94. The summed E-state index contributed by atoms with van der Waals surface area (Å²) in [5, 5.41) is 3.20. The summed E-state index contributed by atoms with van der Waals surface area (Å²) < 4.78 is 30.0. The van der Waals surface area contributed by atoms with Crippen molar-refractivity contribution >= 4 is 10.1 Å². The number of rotatable bonds is 8. The predicted octanol–water partition coefficient (Wildman–Crippen LogP) is 0.339. The van der Waals surface area contributed by atoms with Crippen LogP contribution in [0.4, 0.5) is 0 Å². The first-order chi connectivity index (χ1) is 8.90. The van der Waals surface area contributed by atoms with Gasteiger partial charge in [-0.1, -0.05) is 13.0 Å². The van der Waals surface area contributed by atoms with E-state index in [0.717, 1.165) is 12.1 Å². The quantitative estimate of drug-likeness (QED) is 0.595. The Hall–Kier alpha value is -1.02. The van der Waals surface area contributed by atoms with Crippen molar-refractivity contribution in [2.24, 2.45) is 5.73 Å². The normalized spacial score (nSPS) is 13.4. The maximum Gasteiger partial charge on any atom is 0.265 e. The molecule has 0 saturated carbocycles. The molecule has 0 saturated heterocycles. The standard InChI is InChI=1S/C12H21N3O3S/c1-2-10(13)8-14-9-12-5-3-4-11(15-12)6-7-19(16,17)18/h3-5,10,14H,2,6-9,13H2,1H3,(H,16,17,18). The van der Waals surface area contributed by atoms with Crippen LogP contribution in [0.25, 0.3) is 0 Å². The van der Waals surface area contributed by atoms with Gasteiger partial charge in [0.15, 0.2) is 0 Å². The number of nitrogens with zero attached hydrogens (tertiary/aromatic N) is 1. The van der Waals surface area contributed by atoms with Crippen molar-refractivity contribution < 1.29 is 13.0 Å². The molecule has 0 aromatic carbocycles. The lowest BCUT2D eigenvalue weighted by Gasteiger charge is -2.10. The third-order valence-electron chi connectivity index (χ3n) is 2.72. The first-order valence-corrected chi connectivity index (χ1v) is 7.88. The van der Waals surface area contributed by atoms with E-state index in [-0.39, 0.29) is 18.2 Å². The molecule has 0 spiro atoms. The topological polar surface area (TPSA) is 105 Å². The van der Waals surface area contributed by atoms with Crippen LogP contribution in [0.1, 0.15) is 24.7 Å². The van der Waals surface area contributed by atoms with Gasteiger partial charge in [0, 0.05) is 31.2 Å². The van der Waals surface area contributed by atoms with E-state index in [4.69, 9.17) is 10.3 Å². The Morgan fingerprint density at radius 1 is 1.42 bits per heavy atom. The fourth-order valence-electron chi connectivity index (χ4n) is 1.53. The van der Waals surface area contributed by atoms with E-state index in [0.29, 0.717) is 18.8 Å². The molecule has 1 aromatic rings. The molecule has 1 aromatic heterocycles. The molecule has 7 heteroatoms. The third kappa shape index (κ3) is 7.22. The average Bonchev–Trinajstić information content (AvgIpc) is 2.36. The Kier molecular flexibility index (Phi) is 6.36. The average molecular weight is 287 g/mol. The fourth-order valence-corrected chi connectivity index (χ4v) is 2.00. The highest BCUT2D eigenvalue weighted by Crippen LogP contribution is 2.02. The van der Waals surface area contributed by atoms with Gasteiger partial charge in [-0.05, 0) is 18.6 Å². The second-order valence-electron chi connectivity index (χ2n) is 4.46. The lowest BCUT2D eigenvalue weighted by atomic mass is 10.2. The molecule has 0 aliphatic heterocycles. The van der Waals surface area contributed by atoms with Crippen molar-refractivity contribution in [3.8, 4) is 0 Å². The van der Waals surface area contributed by atoms with E-state index in [1.807, 2.05) is 19.1 Å². The summed E-state index contributed by atoms with van der Waals surface area (Å²) in [6, 6.07) is 5.56. The first-order valence-electron chi connectivity index (χ1n) is 6.27. The van der Waals surface area contributed by atoms with Gasteiger partial charge in [0.05, 0.1) is 11.4 Å². The van der Waals surface area contributed by atoms with Gasteiger partial charge in [-0.25, -0.2) is 0 Å². The summed E-state index contributed by atoms with van der Waals surface area (Å²) >= 11 is 0. The van der Waals surface area contributed by atoms with Crippen molar-refractivity contribution in [2.45, 2.75) is 32.4 Å². The lowest BCUT2D eigenvalue weighted by Crippen LogP contribution is -2.33. The van der Waals surface area contributed by atoms with Gasteiger partial charge in [-0.2, -0.15) is 8.42 Å². The van der Waals surface area contributed by atoms with E-state index >= 15 is 0 Å². The highest BCUT2D eigenvalue weighted by atomic mass is 32.2. The number of nitrogens with two attached hydrogens (primary N) is 1. The van der Waals surface area contributed by atoms with Gasteiger partial charge in [0.1, 0.15) is 0 Å². The zero-order valence-electron chi connectivity index (χ0n) is 11.0. The highest BCUT2D eigenvalue weighted by molar-refractivity contribution is 7.85. The molecule has 1 unspecified atom stereocenters. The van der Waals surface area contributed by atoms with Crippen molar-refractivity contribution in [1.82, 2.24) is 10.3 Å². The Morgan fingerprint density at radius 2 is 2.11 bits per heavy atom. The van der Waals surface area contributed by atoms with Crippen molar-refractivity contribution in [1.29, 1.82) is 0 Å². The zero-order chi connectivity index (χ0) is 14.3. The molecule has 0 amide bonds. The molecule has 19 heavy (non-hydrogen) atoms. The van der Waals surface area contributed by atoms with Crippen LogP contribution >= 0.6 is 0 Å². The van der Waals surface area contributed by atoms with Crippen molar-refractivity contribution in [2.75, 3.05) is 12.3 Å². The SMILES string of the molecule is CCC(N)CNCc1cccc(CCS(=O)(=O)O)n1. The lowest BCUT2D eigenvalue weighted by molar-refractivity contribution is 0.482. The maximum absolute atomic E-state index is 10.7. The number of pyridine rings is 1. The molecular weight excluding hydrogens is 266 g/mol. The molecule has 0 radical (unpaired) electrons. The van der Waals surface area contributed by atoms with Crippen LogP contribution in [0.15, 0.2) is 18.2 Å². The van der Waals surface area contributed by atoms with Crippen molar-refractivity contribution in [3.63, 3.8) is 0 Å². The molecular formula is C12H21N3O3S. The summed E-state index contributed by atoms with van der Waals surface area (Å²) in [4.78, 5) is 4.32. The number of aromatic nitrogens is 1. The Bertz CT molecular complexity index is 491. The second-order valence-corrected chi connectivity index (χ2v) is 6.03. The van der Waals surface area contributed by atoms with Gasteiger partial charge in [-0.3, -0.25) is 9.54 Å². The number of nitrogens with one attached hydrogen (secondary N) is 1. The Morgan fingerprint density at radius 3 is 2.74 bits per heavy atom. The van der Waals surface area contributed by atoms with E-state index in [2.05, 4.69) is 10.3 Å². The minimum Gasteiger partial charge on any atom is -0.327 e. The molecule has 108 valence electrons. The molecule has 1 rings (SSSR count). The Balaban J connectivity index is 2.48. The summed E-state index contributed by atoms with van der Waals surface area (Å²) in [6.45, 7) is 3.33. The summed E-state index contributed by atoms with van der Waals surface area (Å²) in [5.41, 5.74) is 7.26. The van der Waals surface area contributed by atoms with Gasteiger partial charge in [-0.15, -0.1) is 0 Å². The predicted molar refractivity (Wildman–Crippen MR) is 74.3 cm³/mol. The monoisotopic (exact) mass is 287 g/mol. The van der Waals surface area contributed by atoms with Gasteiger partial charge in [0.25, 0.3) is 10.1 Å². The van der Waals surface area contributed by atoms with Crippen LogP contribution in [0.2, 0.25) is 0 Å². The molecule has 1 atom stereocenters. The van der Waals surface area contributed by atoms with Gasteiger partial charge in [0.2, 0.25) is 0 Å². The first kappa shape index (κ1) is 16.0. The van der Waals surface area contributed by atoms with E-state index in [9.17, 15) is 8.42 Å². The maximum atomic E-state index is 10.7. The van der Waals surface area contributed by atoms with Crippen LogP contribution in [0, 0.1) is 0 Å². The summed E-state index contributed by atoms with van der Waals surface area (Å²) in [7, 11) is -3.94. The molecule has 0 bridgehead atoms. The molecule has 0 fully saturated rings. The molecule has 4 N–H and O–H groups in total. The van der Waals surface area contributed by atoms with E-state index < -0.39 is 10.1 Å². The van der Waals surface area contributed by atoms with E-state index in [1.54, 1.807) is 6.07 Å². The number of hydrogen-bond donors (Lipinski definition) is 3. The molecule has 6 nitrogen and oxygen atoms in total. The van der Waals surface area contributed by atoms with Crippen LogP contribution in [0.3, 0.4) is 0 Å². The third-order valence-corrected chi connectivity index (χ3v) is 3.44. The van der Waals surface area contributed by atoms with E-state index in [1.165, 1.54) is 0 Å². The number of hydrogen-bond acceptors (Lipinski definition) is 5.